The van der Waals surface area contributed by atoms with Gasteiger partial charge in [0.2, 0.25) is 0 Å². The average Bonchev–Trinajstić information content (AvgIpc) is 3.57. The van der Waals surface area contributed by atoms with Crippen LogP contribution in [0, 0.1) is 0 Å². The minimum Gasteiger partial charge on any atom is -0.379 e. The molecule has 5 rings (SSSR count). The third-order valence-electron chi connectivity index (χ3n) is 7.00. The molecule has 6 heteroatoms. The second kappa shape index (κ2) is 8.52. The first-order chi connectivity index (χ1) is 14.8. The highest BCUT2D eigenvalue weighted by atomic mass is 16.5. The van der Waals surface area contributed by atoms with Gasteiger partial charge in [-0.1, -0.05) is 37.5 Å². The van der Waals surface area contributed by atoms with E-state index < -0.39 is 0 Å². The van der Waals surface area contributed by atoms with Crippen molar-refractivity contribution in [1.29, 1.82) is 0 Å². The van der Waals surface area contributed by atoms with Crippen LogP contribution in [0.3, 0.4) is 0 Å². The van der Waals surface area contributed by atoms with Gasteiger partial charge in [-0.15, -0.1) is 0 Å². The van der Waals surface area contributed by atoms with E-state index in [2.05, 4.69) is 10.2 Å². The Hall–Kier alpha value is -2.18. The molecule has 1 aliphatic heterocycles. The number of para-hydroxylation sites is 1. The maximum atomic E-state index is 13.3. The van der Waals surface area contributed by atoms with E-state index in [1.54, 1.807) is 0 Å². The number of ether oxygens (including phenoxy) is 1. The van der Waals surface area contributed by atoms with Crippen LogP contribution < -0.4 is 5.32 Å². The summed E-state index contributed by atoms with van der Waals surface area (Å²) in [4.78, 5) is 15.9. The normalized spacial score (nSPS) is 22.0. The van der Waals surface area contributed by atoms with E-state index in [9.17, 15) is 4.79 Å². The van der Waals surface area contributed by atoms with E-state index in [1.807, 2.05) is 41.1 Å². The molecular weight excluding hydrogens is 376 g/mol. The van der Waals surface area contributed by atoms with Crippen molar-refractivity contribution in [1.82, 2.24) is 20.0 Å². The number of aromatic nitrogens is 2. The standard InChI is InChI=1S/C24H32N4O2/c29-23(25-18-24(11-5-2-6-12-24)27-13-15-30-16-14-27)22-17-21(19-9-10-19)26-28(22)20-7-3-1-4-8-20/h1,3-4,7-8,17,19H,2,5-6,9-16,18H2,(H,25,29). The molecule has 0 unspecified atom stereocenters. The van der Waals surface area contributed by atoms with Crippen molar-refractivity contribution in [2.75, 3.05) is 32.8 Å². The predicted octanol–water partition coefficient (Wildman–Crippen LogP) is 3.51. The van der Waals surface area contributed by atoms with Gasteiger partial charge in [-0.3, -0.25) is 9.69 Å². The van der Waals surface area contributed by atoms with E-state index in [0.717, 1.165) is 50.5 Å². The summed E-state index contributed by atoms with van der Waals surface area (Å²) in [6, 6.07) is 12.0. The summed E-state index contributed by atoms with van der Waals surface area (Å²) in [7, 11) is 0. The number of morpholine rings is 1. The van der Waals surface area contributed by atoms with Gasteiger partial charge in [0, 0.05) is 31.1 Å². The molecule has 0 atom stereocenters. The number of hydrogen-bond acceptors (Lipinski definition) is 4. The minimum absolute atomic E-state index is 0.0172. The third-order valence-corrected chi connectivity index (χ3v) is 7.00. The number of nitrogens with one attached hydrogen (secondary N) is 1. The summed E-state index contributed by atoms with van der Waals surface area (Å²) in [5.41, 5.74) is 2.70. The number of benzene rings is 1. The maximum absolute atomic E-state index is 13.3. The Morgan fingerprint density at radius 1 is 1.10 bits per heavy atom. The van der Waals surface area contributed by atoms with Gasteiger partial charge >= 0.3 is 0 Å². The second-order valence-electron chi connectivity index (χ2n) is 9.04. The fourth-order valence-electron chi connectivity index (χ4n) is 5.09. The van der Waals surface area contributed by atoms with Crippen molar-refractivity contribution in [2.45, 2.75) is 56.4 Å². The van der Waals surface area contributed by atoms with E-state index in [4.69, 9.17) is 9.84 Å². The molecule has 1 aromatic heterocycles. The van der Waals surface area contributed by atoms with Gasteiger partial charge in [0.1, 0.15) is 5.69 Å². The van der Waals surface area contributed by atoms with Crippen LogP contribution >= 0.6 is 0 Å². The van der Waals surface area contributed by atoms with E-state index in [1.165, 1.54) is 32.1 Å². The molecule has 2 aromatic rings. The average molecular weight is 409 g/mol. The van der Waals surface area contributed by atoms with Gasteiger partial charge in [0.25, 0.3) is 5.91 Å². The van der Waals surface area contributed by atoms with Crippen molar-refractivity contribution in [2.24, 2.45) is 0 Å². The molecule has 1 N–H and O–H groups in total. The van der Waals surface area contributed by atoms with Crippen molar-refractivity contribution in [3.8, 4) is 5.69 Å². The number of carbonyl (C=O) groups excluding carboxylic acids is 1. The molecular formula is C24H32N4O2. The van der Waals surface area contributed by atoms with Crippen molar-refractivity contribution in [3.05, 3.63) is 47.8 Å². The largest absolute Gasteiger partial charge is 0.379 e. The minimum atomic E-state index is -0.0172. The monoisotopic (exact) mass is 408 g/mol. The first-order valence-corrected chi connectivity index (χ1v) is 11.5. The summed E-state index contributed by atoms with van der Waals surface area (Å²) in [5.74, 6) is 0.496. The molecule has 0 radical (unpaired) electrons. The van der Waals surface area contributed by atoms with Crippen LogP contribution in [0.4, 0.5) is 0 Å². The third kappa shape index (κ3) is 4.03. The maximum Gasteiger partial charge on any atom is 0.270 e. The van der Waals surface area contributed by atoms with Crippen molar-refractivity contribution in [3.63, 3.8) is 0 Å². The first-order valence-electron chi connectivity index (χ1n) is 11.5. The molecule has 3 fully saturated rings. The Labute approximate surface area is 178 Å². The summed E-state index contributed by atoms with van der Waals surface area (Å²) < 4.78 is 7.41. The van der Waals surface area contributed by atoms with Gasteiger partial charge in [-0.25, -0.2) is 4.68 Å². The van der Waals surface area contributed by atoms with Crippen molar-refractivity contribution < 1.29 is 9.53 Å². The fourth-order valence-corrected chi connectivity index (χ4v) is 5.09. The quantitative estimate of drug-likeness (QED) is 0.795. The molecule has 1 aromatic carbocycles. The van der Waals surface area contributed by atoms with Crippen LogP contribution in [-0.2, 0) is 4.74 Å². The zero-order valence-electron chi connectivity index (χ0n) is 17.7. The van der Waals surface area contributed by atoms with Gasteiger partial charge in [-0.05, 0) is 43.9 Å². The van der Waals surface area contributed by atoms with Crippen LogP contribution in [0.5, 0.6) is 0 Å². The number of rotatable bonds is 6. The van der Waals surface area contributed by atoms with Crippen LogP contribution in [0.1, 0.15) is 67.0 Å². The highest BCUT2D eigenvalue weighted by molar-refractivity contribution is 5.93. The lowest BCUT2D eigenvalue weighted by atomic mass is 9.79. The molecule has 6 nitrogen and oxygen atoms in total. The predicted molar refractivity (Wildman–Crippen MR) is 116 cm³/mol. The van der Waals surface area contributed by atoms with Gasteiger partial charge in [0.05, 0.1) is 24.6 Å². The van der Waals surface area contributed by atoms with Gasteiger partial charge < -0.3 is 10.1 Å². The molecule has 2 heterocycles. The van der Waals surface area contributed by atoms with Crippen molar-refractivity contribution >= 4 is 5.91 Å². The highest BCUT2D eigenvalue weighted by Gasteiger charge is 2.39. The number of amides is 1. The lowest BCUT2D eigenvalue weighted by Gasteiger charge is -2.48. The highest BCUT2D eigenvalue weighted by Crippen LogP contribution is 2.40. The summed E-state index contributed by atoms with van der Waals surface area (Å²) >= 11 is 0. The molecule has 160 valence electrons. The summed E-state index contributed by atoms with van der Waals surface area (Å²) in [6.07, 6.45) is 8.42. The summed E-state index contributed by atoms with van der Waals surface area (Å²) in [5, 5.41) is 8.10. The lowest BCUT2D eigenvalue weighted by Crippen LogP contribution is -2.59. The Kier molecular flexibility index (Phi) is 5.61. The zero-order chi connectivity index (χ0) is 20.4. The Morgan fingerprint density at radius 2 is 1.83 bits per heavy atom. The first kappa shape index (κ1) is 19.8. The molecule has 3 aliphatic rings. The molecule has 2 aliphatic carbocycles. The molecule has 2 saturated carbocycles. The van der Waals surface area contributed by atoms with E-state index in [-0.39, 0.29) is 11.4 Å². The number of carbonyl (C=O) groups is 1. The Morgan fingerprint density at radius 3 is 2.53 bits per heavy atom. The molecule has 1 amide bonds. The van der Waals surface area contributed by atoms with Gasteiger partial charge in [0.15, 0.2) is 0 Å². The van der Waals surface area contributed by atoms with Crippen LogP contribution in [0.25, 0.3) is 5.69 Å². The van der Waals surface area contributed by atoms with E-state index in [0.29, 0.717) is 18.2 Å². The lowest BCUT2D eigenvalue weighted by molar-refractivity contribution is -0.0361. The topological polar surface area (TPSA) is 59.4 Å². The number of nitrogens with zero attached hydrogens (tertiary/aromatic N) is 3. The summed E-state index contributed by atoms with van der Waals surface area (Å²) in [6.45, 7) is 4.21. The van der Waals surface area contributed by atoms with E-state index >= 15 is 0 Å². The number of hydrogen-bond donors (Lipinski definition) is 1. The van der Waals surface area contributed by atoms with Crippen LogP contribution in [0.2, 0.25) is 0 Å². The second-order valence-corrected chi connectivity index (χ2v) is 9.04. The zero-order valence-corrected chi connectivity index (χ0v) is 17.7. The smallest absolute Gasteiger partial charge is 0.270 e. The fraction of sp³-hybridized carbons (Fsp3) is 0.583. The SMILES string of the molecule is O=C(NCC1(N2CCOCC2)CCCCC1)c1cc(C2CC2)nn1-c1ccccc1. The molecule has 1 saturated heterocycles. The Bertz CT molecular complexity index is 863. The molecule has 0 bridgehead atoms. The van der Waals surface area contributed by atoms with Crippen LogP contribution in [-0.4, -0.2) is 59.0 Å². The van der Waals surface area contributed by atoms with Gasteiger partial charge in [-0.2, -0.15) is 5.10 Å². The van der Waals surface area contributed by atoms with Crippen LogP contribution in [0.15, 0.2) is 36.4 Å². The molecule has 30 heavy (non-hydrogen) atoms. The molecule has 0 spiro atoms. The Balaban J connectivity index is 1.36.